The lowest BCUT2D eigenvalue weighted by Crippen LogP contribution is -2.46. The Morgan fingerprint density at radius 3 is 2.83 bits per heavy atom. The van der Waals surface area contributed by atoms with E-state index >= 15 is 0 Å². The lowest BCUT2D eigenvalue weighted by molar-refractivity contribution is -0.139. The first-order valence-electron chi connectivity index (χ1n) is 8.32. The number of thiazole rings is 1. The zero-order valence-corrected chi connectivity index (χ0v) is 15.5. The first-order valence-corrected chi connectivity index (χ1v) is 10.1. The Kier molecular flexibility index (Phi) is 5.99. The van der Waals surface area contributed by atoms with E-state index in [1.165, 1.54) is 4.88 Å². The molecule has 0 radical (unpaired) electrons. The molecular formula is C17H23N3O2S2. The highest BCUT2D eigenvalue weighted by Crippen LogP contribution is 2.28. The molecule has 0 atom stereocenters. The molecule has 7 heteroatoms. The molecule has 0 aromatic carbocycles. The molecule has 130 valence electrons. The molecule has 1 saturated heterocycles. The largest absolute Gasteiger partial charge is 0.480 e. The SMILES string of the molecule is CCN(CC(=O)O)C1CCN(Cc2csc(-c3cccs3)n2)CC1. The van der Waals surface area contributed by atoms with Crippen LogP contribution in [0.2, 0.25) is 0 Å². The van der Waals surface area contributed by atoms with Crippen LogP contribution in [-0.4, -0.2) is 58.1 Å². The zero-order valence-electron chi connectivity index (χ0n) is 13.9. The fourth-order valence-corrected chi connectivity index (χ4v) is 4.86. The number of carboxylic acids is 1. The molecule has 5 nitrogen and oxygen atoms in total. The topological polar surface area (TPSA) is 56.7 Å². The first kappa shape index (κ1) is 17.5. The third-order valence-corrected chi connectivity index (χ3v) is 6.42. The second-order valence-corrected chi connectivity index (χ2v) is 7.89. The summed E-state index contributed by atoms with van der Waals surface area (Å²) in [5.74, 6) is -0.733. The molecule has 1 fully saturated rings. The third kappa shape index (κ3) is 4.42. The monoisotopic (exact) mass is 365 g/mol. The van der Waals surface area contributed by atoms with Crippen LogP contribution in [0.15, 0.2) is 22.9 Å². The number of aliphatic carboxylic acids is 1. The van der Waals surface area contributed by atoms with Gasteiger partial charge < -0.3 is 5.11 Å². The summed E-state index contributed by atoms with van der Waals surface area (Å²) in [6.45, 7) is 5.89. The molecule has 1 aliphatic heterocycles. The summed E-state index contributed by atoms with van der Waals surface area (Å²) >= 11 is 3.44. The maximum Gasteiger partial charge on any atom is 0.317 e. The van der Waals surface area contributed by atoms with Crippen molar-refractivity contribution in [3.05, 3.63) is 28.6 Å². The van der Waals surface area contributed by atoms with E-state index in [0.717, 1.165) is 49.7 Å². The summed E-state index contributed by atoms with van der Waals surface area (Å²) in [5, 5.41) is 14.4. The van der Waals surface area contributed by atoms with Crippen molar-refractivity contribution in [1.29, 1.82) is 0 Å². The minimum Gasteiger partial charge on any atom is -0.480 e. The summed E-state index contributed by atoms with van der Waals surface area (Å²) < 4.78 is 0. The standard InChI is InChI=1S/C17H23N3O2S2/c1-2-20(11-16(21)22)14-5-7-19(8-6-14)10-13-12-24-17(18-13)15-4-3-9-23-15/h3-4,9,12,14H,2,5-8,10-11H2,1H3,(H,21,22). The van der Waals surface area contributed by atoms with Crippen LogP contribution in [0.4, 0.5) is 0 Å². The fraction of sp³-hybridized carbons (Fsp3) is 0.529. The molecule has 3 rings (SSSR count). The smallest absolute Gasteiger partial charge is 0.317 e. The summed E-state index contributed by atoms with van der Waals surface area (Å²) in [7, 11) is 0. The van der Waals surface area contributed by atoms with E-state index in [1.54, 1.807) is 22.7 Å². The van der Waals surface area contributed by atoms with Gasteiger partial charge in [-0.15, -0.1) is 22.7 Å². The average Bonchev–Trinajstić information content (AvgIpc) is 3.24. The number of rotatable bonds is 7. The maximum atomic E-state index is 11.0. The quantitative estimate of drug-likeness (QED) is 0.816. The minimum atomic E-state index is -0.733. The molecule has 0 bridgehead atoms. The molecule has 0 spiro atoms. The van der Waals surface area contributed by atoms with Crippen LogP contribution >= 0.6 is 22.7 Å². The van der Waals surface area contributed by atoms with Gasteiger partial charge in [-0.1, -0.05) is 13.0 Å². The van der Waals surface area contributed by atoms with Gasteiger partial charge >= 0.3 is 5.97 Å². The van der Waals surface area contributed by atoms with Crippen LogP contribution in [0.3, 0.4) is 0 Å². The van der Waals surface area contributed by atoms with Crippen molar-refractivity contribution in [2.45, 2.75) is 32.4 Å². The Labute approximate surface area is 150 Å². The Balaban J connectivity index is 1.51. The second-order valence-electron chi connectivity index (χ2n) is 6.09. The van der Waals surface area contributed by atoms with Crippen molar-refractivity contribution in [3.8, 4) is 9.88 Å². The Hall–Kier alpha value is -1.28. The van der Waals surface area contributed by atoms with Crippen LogP contribution in [0.1, 0.15) is 25.5 Å². The lowest BCUT2D eigenvalue weighted by atomic mass is 10.0. The van der Waals surface area contributed by atoms with E-state index in [4.69, 9.17) is 10.1 Å². The highest BCUT2D eigenvalue weighted by atomic mass is 32.1. The zero-order chi connectivity index (χ0) is 16.9. The first-order chi connectivity index (χ1) is 11.7. The minimum absolute atomic E-state index is 0.150. The Bertz CT molecular complexity index is 649. The summed E-state index contributed by atoms with van der Waals surface area (Å²) in [6.07, 6.45) is 2.06. The summed E-state index contributed by atoms with van der Waals surface area (Å²) in [4.78, 5) is 21.5. The number of aromatic nitrogens is 1. The van der Waals surface area contributed by atoms with E-state index in [1.807, 2.05) is 6.92 Å². The van der Waals surface area contributed by atoms with Crippen LogP contribution in [0.25, 0.3) is 9.88 Å². The van der Waals surface area contributed by atoms with Gasteiger partial charge in [0, 0.05) is 31.1 Å². The molecule has 2 aromatic heterocycles. The Morgan fingerprint density at radius 1 is 1.42 bits per heavy atom. The predicted octanol–water partition coefficient (Wildman–Crippen LogP) is 3.24. The molecular weight excluding hydrogens is 342 g/mol. The molecule has 1 N–H and O–H groups in total. The van der Waals surface area contributed by atoms with Gasteiger partial charge in [-0.3, -0.25) is 14.6 Å². The molecule has 3 heterocycles. The van der Waals surface area contributed by atoms with Gasteiger partial charge in [-0.25, -0.2) is 4.98 Å². The maximum absolute atomic E-state index is 11.0. The van der Waals surface area contributed by atoms with E-state index in [2.05, 4.69) is 32.7 Å². The van der Waals surface area contributed by atoms with Crippen molar-refractivity contribution in [2.75, 3.05) is 26.2 Å². The van der Waals surface area contributed by atoms with Gasteiger partial charge in [0.25, 0.3) is 0 Å². The third-order valence-electron chi connectivity index (χ3n) is 4.49. The number of hydrogen-bond donors (Lipinski definition) is 1. The molecule has 0 amide bonds. The second kappa shape index (κ2) is 8.20. The van der Waals surface area contributed by atoms with Crippen molar-refractivity contribution in [2.24, 2.45) is 0 Å². The average molecular weight is 366 g/mol. The molecule has 1 aliphatic rings. The lowest BCUT2D eigenvalue weighted by Gasteiger charge is -2.37. The number of nitrogens with zero attached hydrogens (tertiary/aromatic N) is 3. The van der Waals surface area contributed by atoms with Crippen molar-refractivity contribution < 1.29 is 9.90 Å². The van der Waals surface area contributed by atoms with Gasteiger partial charge in [0.05, 0.1) is 17.1 Å². The van der Waals surface area contributed by atoms with Crippen LogP contribution < -0.4 is 0 Å². The van der Waals surface area contributed by atoms with Gasteiger partial charge in [0.15, 0.2) is 0 Å². The summed E-state index contributed by atoms with van der Waals surface area (Å²) in [6, 6.07) is 4.56. The molecule has 0 saturated carbocycles. The van der Waals surface area contributed by atoms with E-state index < -0.39 is 5.97 Å². The summed E-state index contributed by atoms with van der Waals surface area (Å²) in [5.41, 5.74) is 1.14. The van der Waals surface area contributed by atoms with E-state index in [9.17, 15) is 4.79 Å². The predicted molar refractivity (Wildman–Crippen MR) is 98.6 cm³/mol. The van der Waals surface area contributed by atoms with E-state index in [-0.39, 0.29) is 6.54 Å². The number of likely N-dealkylation sites (tertiary alicyclic amines) is 1. The molecule has 24 heavy (non-hydrogen) atoms. The molecule has 2 aromatic rings. The number of thiophene rings is 1. The number of carbonyl (C=O) groups is 1. The number of carboxylic acid groups (broad SMARTS) is 1. The van der Waals surface area contributed by atoms with Crippen molar-refractivity contribution in [3.63, 3.8) is 0 Å². The van der Waals surface area contributed by atoms with Crippen molar-refractivity contribution in [1.82, 2.24) is 14.8 Å². The highest BCUT2D eigenvalue weighted by Gasteiger charge is 2.25. The van der Waals surface area contributed by atoms with Gasteiger partial charge in [0.2, 0.25) is 0 Å². The van der Waals surface area contributed by atoms with Gasteiger partial charge in [0.1, 0.15) is 5.01 Å². The van der Waals surface area contributed by atoms with Gasteiger partial charge in [-0.2, -0.15) is 0 Å². The molecule has 0 unspecified atom stereocenters. The van der Waals surface area contributed by atoms with Crippen LogP contribution in [0.5, 0.6) is 0 Å². The fourth-order valence-electron chi connectivity index (χ4n) is 3.24. The highest BCUT2D eigenvalue weighted by molar-refractivity contribution is 7.20. The van der Waals surface area contributed by atoms with Gasteiger partial charge in [-0.05, 0) is 30.8 Å². The number of piperidine rings is 1. The number of hydrogen-bond acceptors (Lipinski definition) is 6. The van der Waals surface area contributed by atoms with Crippen molar-refractivity contribution >= 4 is 28.6 Å². The normalized spacial score (nSPS) is 16.8. The van der Waals surface area contributed by atoms with E-state index in [0.29, 0.717) is 6.04 Å². The van der Waals surface area contributed by atoms with Crippen LogP contribution in [-0.2, 0) is 11.3 Å². The Morgan fingerprint density at radius 2 is 2.21 bits per heavy atom. The van der Waals surface area contributed by atoms with Crippen LogP contribution in [0, 0.1) is 0 Å². The number of likely N-dealkylation sites (N-methyl/N-ethyl adjacent to an activating group) is 1. The molecule has 0 aliphatic carbocycles.